The summed E-state index contributed by atoms with van der Waals surface area (Å²) in [7, 11) is 0. The Morgan fingerprint density at radius 1 is 1.27 bits per heavy atom. The Morgan fingerprint density at radius 3 is 2.77 bits per heavy atom. The van der Waals surface area contributed by atoms with Gasteiger partial charge >= 0.3 is 5.69 Å². The third-order valence-corrected chi connectivity index (χ3v) is 5.04. The largest absolute Gasteiger partial charge is 0.365 e. The van der Waals surface area contributed by atoms with Crippen LogP contribution in [0.15, 0.2) is 42.9 Å². The monoisotopic (exact) mass is 371 g/mol. The first kappa shape index (κ1) is 18.1. The van der Waals surface area contributed by atoms with Crippen molar-refractivity contribution in [2.45, 2.75) is 19.1 Å². The van der Waals surface area contributed by atoms with Gasteiger partial charge in [0.1, 0.15) is 0 Å². The third-order valence-electron chi connectivity index (χ3n) is 4.07. The highest BCUT2D eigenvalue weighted by Gasteiger charge is 2.22. The summed E-state index contributed by atoms with van der Waals surface area (Å²) in [5.74, 6) is 2.12. The number of aromatic nitrogens is 3. The van der Waals surface area contributed by atoms with E-state index in [-0.39, 0.29) is 10.6 Å². The van der Waals surface area contributed by atoms with Crippen molar-refractivity contribution in [3.8, 4) is 0 Å². The number of aromatic amines is 2. The number of anilines is 1. The van der Waals surface area contributed by atoms with Crippen LogP contribution in [0.2, 0.25) is 0 Å². The average Bonchev–Trinajstić information content (AvgIpc) is 3.22. The summed E-state index contributed by atoms with van der Waals surface area (Å²) in [6.07, 6.45) is 3.94. The molecule has 0 amide bonds. The van der Waals surface area contributed by atoms with E-state index in [0.717, 1.165) is 28.5 Å². The second-order valence-electron chi connectivity index (χ2n) is 5.91. The molecular weight excluding hydrogens is 350 g/mol. The Labute approximate surface area is 155 Å². The summed E-state index contributed by atoms with van der Waals surface area (Å²) in [6, 6.07) is 9.75. The molecule has 0 aliphatic rings. The molecule has 0 fully saturated rings. The minimum Gasteiger partial charge on any atom is -0.365 e. The Balaban J connectivity index is 1.56. The van der Waals surface area contributed by atoms with Gasteiger partial charge in [0, 0.05) is 36.4 Å². The normalized spacial score (nSPS) is 10.8. The van der Waals surface area contributed by atoms with Gasteiger partial charge in [0.25, 0.3) is 0 Å². The van der Waals surface area contributed by atoms with Crippen LogP contribution in [0.4, 0.5) is 11.5 Å². The standard InChI is InChI=1S/C18H21N5O2S/c1-13-16(22-12-21-13)11-26-8-7-19-18-17(23(24)25)15(10-20-18)9-14-5-3-2-4-6-14/h2-6,10,12,19-20H,7-9,11H2,1H3,(H,21,22). The molecule has 0 radical (unpaired) electrons. The van der Waals surface area contributed by atoms with E-state index >= 15 is 0 Å². The quantitative estimate of drug-likeness (QED) is 0.301. The highest BCUT2D eigenvalue weighted by Crippen LogP contribution is 2.30. The number of rotatable bonds is 9. The molecule has 3 aromatic rings. The molecule has 8 heteroatoms. The number of benzene rings is 1. The highest BCUT2D eigenvalue weighted by atomic mass is 32.2. The van der Waals surface area contributed by atoms with Crippen LogP contribution in [0, 0.1) is 17.0 Å². The first-order valence-electron chi connectivity index (χ1n) is 8.34. The number of nitrogens with one attached hydrogen (secondary N) is 3. The third kappa shape index (κ3) is 4.45. The van der Waals surface area contributed by atoms with E-state index in [9.17, 15) is 10.1 Å². The fourth-order valence-electron chi connectivity index (χ4n) is 2.70. The lowest BCUT2D eigenvalue weighted by Crippen LogP contribution is -2.07. The van der Waals surface area contributed by atoms with E-state index < -0.39 is 0 Å². The van der Waals surface area contributed by atoms with Crippen LogP contribution < -0.4 is 5.32 Å². The van der Waals surface area contributed by atoms with Gasteiger partial charge in [-0.15, -0.1) is 0 Å². The molecule has 0 bridgehead atoms. The highest BCUT2D eigenvalue weighted by molar-refractivity contribution is 7.98. The first-order valence-corrected chi connectivity index (χ1v) is 9.49. The second kappa shape index (κ2) is 8.57. The summed E-state index contributed by atoms with van der Waals surface area (Å²) >= 11 is 1.74. The van der Waals surface area contributed by atoms with E-state index in [1.807, 2.05) is 37.3 Å². The molecule has 1 aromatic carbocycles. The number of aryl methyl sites for hydroxylation is 1. The molecule has 26 heavy (non-hydrogen) atoms. The van der Waals surface area contributed by atoms with Gasteiger partial charge in [-0.05, 0) is 12.5 Å². The summed E-state index contributed by atoms with van der Waals surface area (Å²) in [5, 5.41) is 14.7. The van der Waals surface area contributed by atoms with Gasteiger partial charge in [-0.1, -0.05) is 30.3 Å². The van der Waals surface area contributed by atoms with Crippen molar-refractivity contribution in [2.24, 2.45) is 0 Å². The zero-order valence-corrected chi connectivity index (χ0v) is 15.3. The molecule has 2 aromatic heterocycles. The molecule has 136 valence electrons. The lowest BCUT2D eigenvalue weighted by molar-refractivity contribution is -0.384. The smallest absolute Gasteiger partial charge is 0.314 e. The Bertz CT molecular complexity index is 860. The van der Waals surface area contributed by atoms with Crippen molar-refractivity contribution in [1.82, 2.24) is 15.0 Å². The van der Waals surface area contributed by atoms with Crippen LogP contribution in [-0.4, -0.2) is 32.2 Å². The maximum Gasteiger partial charge on any atom is 0.314 e. The number of hydrogen-bond donors (Lipinski definition) is 3. The fourth-order valence-corrected chi connectivity index (χ4v) is 3.58. The van der Waals surface area contributed by atoms with Crippen molar-refractivity contribution in [1.29, 1.82) is 0 Å². The van der Waals surface area contributed by atoms with E-state index in [4.69, 9.17) is 0 Å². The molecule has 3 N–H and O–H groups in total. The van der Waals surface area contributed by atoms with Crippen molar-refractivity contribution >= 4 is 23.3 Å². The molecule has 0 atom stereocenters. The van der Waals surface area contributed by atoms with Gasteiger partial charge in [-0.2, -0.15) is 11.8 Å². The second-order valence-corrected chi connectivity index (χ2v) is 7.02. The summed E-state index contributed by atoms with van der Waals surface area (Å²) in [6.45, 7) is 2.64. The molecule has 0 spiro atoms. The van der Waals surface area contributed by atoms with E-state index in [1.165, 1.54) is 0 Å². The maximum atomic E-state index is 11.5. The fraction of sp³-hybridized carbons (Fsp3) is 0.278. The molecule has 0 aliphatic heterocycles. The first-order chi connectivity index (χ1) is 12.6. The lowest BCUT2D eigenvalue weighted by Gasteiger charge is -2.04. The van der Waals surface area contributed by atoms with Gasteiger partial charge in [-0.25, -0.2) is 4.98 Å². The van der Waals surface area contributed by atoms with E-state index in [2.05, 4.69) is 20.3 Å². The molecule has 3 rings (SSSR count). The van der Waals surface area contributed by atoms with Crippen molar-refractivity contribution in [2.75, 3.05) is 17.6 Å². The summed E-state index contributed by atoms with van der Waals surface area (Å²) in [5.41, 5.74) is 3.98. The predicted molar refractivity (Wildman–Crippen MR) is 105 cm³/mol. The van der Waals surface area contributed by atoms with Crippen LogP contribution in [0.25, 0.3) is 0 Å². The van der Waals surface area contributed by atoms with Gasteiger partial charge in [0.15, 0.2) is 5.82 Å². The van der Waals surface area contributed by atoms with Crippen LogP contribution in [0.3, 0.4) is 0 Å². The summed E-state index contributed by atoms with van der Waals surface area (Å²) < 4.78 is 0. The number of H-pyrrole nitrogens is 2. The molecule has 7 nitrogen and oxygen atoms in total. The van der Waals surface area contributed by atoms with Crippen molar-refractivity contribution in [3.05, 3.63) is 75.5 Å². The molecule has 0 saturated heterocycles. The molecule has 0 unspecified atom stereocenters. The number of hydrogen-bond acceptors (Lipinski definition) is 5. The van der Waals surface area contributed by atoms with E-state index in [1.54, 1.807) is 24.3 Å². The minimum absolute atomic E-state index is 0.127. The molecular formula is C18H21N5O2S. The lowest BCUT2D eigenvalue weighted by atomic mass is 10.1. The van der Waals surface area contributed by atoms with Crippen LogP contribution >= 0.6 is 11.8 Å². The Morgan fingerprint density at radius 2 is 2.08 bits per heavy atom. The van der Waals surface area contributed by atoms with E-state index in [0.29, 0.717) is 24.3 Å². The number of imidazole rings is 1. The molecule has 2 heterocycles. The molecule has 0 saturated carbocycles. The van der Waals surface area contributed by atoms with Gasteiger partial charge in [0.2, 0.25) is 0 Å². The molecule has 0 aliphatic carbocycles. The van der Waals surface area contributed by atoms with Crippen LogP contribution in [0.5, 0.6) is 0 Å². The van der Waals surface area contributed by atoms with Gasteiger partial charge in [0.05, 0.1) is 22.5 Å². The zero-order chi connectivity index (χ0) is 18.4. The summed E-state index contributed by atoms with van der Waals surface area (Å²) in [4.78, 5) is 21.5. The van der Waals surface area contributed by atoms with Crippen LogP contribution in [-0.2, 0) is 12.2 Å². The Kier molecular flexibility index (Phi) is 5.96. The SMILES string of the molecule is Cc1[nH]cnc1CSCCNc1[nH]cc(Cc2ccccc2)c1[N+](=O)[O-]. The van der Waals surface area contributed by atoms with Crippen molar-refractivity contribution in [3.63, 3.8) is 0 Å². The van der Waals surface area contributed by atoms with Crippen LogP contribution in [0.1, 0.15) is 22.5 Å². The van der Waals surface area contributed by atoms with Gasteiger partial charge < -0.3 is 15.3 Å². The number of thioether (sulfide) groups is 1. The maximum absolute atomic E-state index is 11.5. The topological polar surface area (TPSA) is 99.6 Å². The number of nitrogens with zero attached hydrogens (tertiary/aromatic N) is 2. The van der Waals surface area contributed by atoms with Crippen molar-refractivity contribution < 1.29 is 4.92 Å². The van der Waals surface area contributed by atoms with Gasteiger partial charge in [-0.3, -0.25) is 10.1 Å². The average molecular weight is 371 g/mol. The Hall–Kier alpha value is -2.74. The zero-order valence-electron chi connectivity index (χ0n) is 14.5. The minimum atomic E-state index is -0.322. The number of nitro groups is 1. The predicted octanol–water partition coefficient (Wildman–Crippen LogP) is 3.89.